The third kappa shape index (κ3) is 6.11. The molecule has 4 nitrogen and oxygen atoms in total. The van der Waals surface area contributed by atoms with Gasteiger partial charge in [-0.3, -0.25) is 9.59 Å². The first-order chi connectivity index (χ1) is 11.4. The van der Waals surface area contributed by atoms with Crippen molar-refractivity contribution in [3.63, 3.8) is 0 Å². The van der Waals surface area contributed by atoms with E-state index in [2.05, 4.69) is 5.32 Å². The Morgan fingerprint density at radius 2 is 1.88 bits per heavy atom. The highest BCUT2D eigenvalue weighted by Gasteiger charge is 2.23. The highest BCUT2D eigenvalue weighted by atomic mass is 32.2. The third-order valence-corrected chi connectivity index (χ3v) is 4.42. The molecule has 0 spiro atoms. The van der Waals surface area contributed by atoms with Crippen LogP contribution < -0.4 is 5.32 Å². The SMILES string of the molecule is CCCC(=O)Nc1cc(SC(CCC)C(=O)OCC)c(F)cc1F. The standard InChI is InChI=1S/C17H23F2NO3S/c1-4-7-14(17(22)23-6-3)24-15-10-13(11(18)9-12(15)19)20-16(21)8-5-2/h9-10,14H,4-8H2,1-3H3,(H,20,21). The number of ether oxygens (including phenoxy) is 1. The Bertz CT molecular complexity index is 581. The second-order valence-corrected chi connectivity index (χ2v) is 6.45. The molecular weight excluding hydrogens is 336 g/mol. The fourth-order valence-electron chi connectivity index (χ4n) is 2.03. The van der Waals surface area contributed by atoms with Crippen molar-refractivity contribution in [2.24, 2.45) is 0 Å². The molecule has 0 saturated heterocycles. The number of amides is 1. The maximum Gasteiger partial charge on any atom is 0.319 e. The van der Waals surface area contributed by atoms with Crippen molar-refractivity contribution in [2.75, 3.05) is 11.9 Å². The minimum absolute atomic E-state index is 0.0866. The number of anilines is 1. The number of halogens is 2. The van der Waals surface area contributed by atoms with E-state index < -0.39 is 22.9 Å². The van der Waals surface area contributed by atoms with Gasteiger partial charge in [0.05, 0.1) is 12.3 Å². The van der Waals surface area contributed by atoms with Crippen molar-refractivity contribution < 1.29 is 23.1 Å². The van der Waals surface area contributed by atoms with Crippen LogP contribution in [0.3, 0.4) is 0 Å². The van der Waals surface area contributed by atoms with Gasteiger partial charge in [-0.2, -0.15) is 0 Å². The molecule has 0 fully saturated rings. The number of carbonyl (C=O) groups excluding carboxylic acids is 2. The Labute approximate surface area is 145 Å². The van der Waals surface area contributed by atoms with E-state index in [-0.39, 0.29) is 29.5 Å². The van der Waals surface area contributed by atoms with Crippen molar-refractivity contribution in [1.29, 1.82) is 0 Å². The Morgan fingerprint density at radius 1 is 1.17 bits per heavy atom. The molecule has 134 valence electrons. The van der Waals surface area contributed by atoms with Gasteiger partial charge in [0, 0.05) is 17.4 Å². The number of rotatable bonds is 9. The lowest BCUT2D eigenvalue weighted by atomic mass is 10.2. The molecule has 0 bridgehead atoms. The molecule has 1 rings (SSSR count). The van der Waals surface area contributed by atoms with E-state index in [1.165, 1.54) is 6.07 Å². The summed E-state index contributed by atoms with van der Waals surface area (Å²) < 4.78 is 32.9. The highest BCUT2D eigenvalue weighted by Crippen LogP contribution is 2.33. The van der Waals surface area contributed by atoms with Crippen molar-refractivity contribution in [3.8, 4) is 0 Å². The maximum atomic E-state index is 14.0. The number of esters is 1. The molecular formula is C17H23F2NO3S. The molecule has 1 aromatic rings. The predicted octanol–water partition coefficient (Wildman–Crippen LogP) is 4.53. The van der Waals surface area contributed by atoms with E-state index in [1.54, 1.807) is 6.92 Å². The predicted molar refractivity (Wildman–Crippen MR) is 91.1 cm³/mol. The number of hydrogen-bond acceptors (Lipinski definition) is 4. The van der Waals surface area contributed by atoms with Crippen LogP contribution >= 0.6 is 11.8 Å². The van der Waals surface area contributed by atoms with Crippen molar-refractivity contribution in [2.45, 2.75) is 56.6 Å². The molecule has 1 atom stereocenters. The van der Waals surface area contributed by atoms with E-state index in [4.69, 9.17) is 4.74 Å². The van der Waals surface area contributed by atoms with Crippen LogP contribution in [-0.4, -0.2) is 23.7 Å². The van der Waals surface area contributed by atoms with E-state index >= 15 is 0 Å². The van der Waals surface area contributed by atoms with Gasteiger partial charge in [0.25, 0.3) is 0 Å². The van der Waals surface area contributed by atoms with E-state index in [0.717, 1.165) is 24.2 Å². The van der Waals surface area contributed by atoms with E-state index in [1.807, 2.05) is 13.8 Å². The Morgan fingerprint density at radius 3 is 2.46 bits per heavy atom. The maximum absolute atomic E-state index is 14.0. The second kappa shape index (κ2) is 10.3. The zero-order chi connectivity index (χ0) is 18.1. The fraction of sp³-hybridized carbons (Fsp3) is 0.529. The van der Waals surface area contributed by atoms with Crippen LogP contribution in [0.15, 0.2) is 17.0 Å². The smallest absolute Gasteiger partial charge is 0.319 e. The first kappa shape index (κ1) is 20.4. The molecule has 7 heteroatoms. The van der Waals surface area contributed by atoms with Crippen molar-refractivity contribution >= 4 is 29.3 Å². The lowest BCUT2D eigenvalue weighted by molar-refractivity contribution is -0.142. The van der Waals surface area contributed by atoms with Gasteiger partial charge in [-0.1, -0.05) is 20.3 Å². The molecule has 0 aromatic heterocycles. The Balaban J connectivity index is 3.00. The van der Waals surface area contributed by atoms with Crippen molar-refractivity contribution in [1.82, 2.24) is 0 Å². The van der Waals surface area contributed by atoms with Gasteiger partial charge < -0.3 is 10.1 Å². The van der Waals surface area contributed by atoms with E-state index in [0.29, 0.717) is 12.8 Å². The molecule has 0 radical (unpaired) electrons. The molecule has 1 N–H and O–H groups in total. The molecule has 1 unspecified atom stereocenters. The van der Waals surface area contributed by atoms with Gasteiger partial charge in [-0.05, 0) is 25.8 Å². The monoisotopic (exact) mass is 359 g/mol. The summed E-state index contributed by atoms with van der Waals surface area (Å²) in [5, 5.41) is 1.85. The summed E-state index contributed by atoms with van der Waals surface area (Å²) in [7, 11) is 0. The summed E-state index contributed by atoms with van der Waals surface area (Å²) in [5.41, 5.74) is -0.0866. The summed E-state index contributed by atoms with van der Waals surface area (Å²) in [5.74, 6) is -2.38. The summed E-state index contributed by atoms with van der Waals surface area (Å²) in [6.07, 6.45) is 2.11. The summed E-state index contributed by atoms with van der Waals surface area (Å²) in [4.78, 5) is 23.7. The lowest BCUT2D eigenvalue weighted by Crippen LogP contribution is -2.20. The Hall–Kier alpha value is -1.63. The van der Waals surface area contributed by atoms with Gasteiger partial charge in [-0.15, -0.1) is 11.8 Å². The number of benzene rings is 1. The fourth-order valence-corrected chi connectivity index (χ4v) is 3.21. The molecule has 1 amide bonds. The van der Waals surface area contributed by atoms with Crippen LogP contribution in [0.2, 0.25) is 0 Å². The minimum Gasteiger partial charge on any atom is -0.465 e. The molecule has 24 heavy (non-hydrogen) atoms. The van der Waals surface area contributed by atoms with Gasteiger partial charge in [-0.25, -0.2) is 8.78 Å². The zero-order valence-electron chi connectivity index (χ0n) is 14.2. The Kier molecular flexibility index (Phi) is 8.74. The van der Waals surface area contributed by atoms with Crippen LogP contribution in [0.25, 0.3) is 0 Å². The van der Waals surface area contributed by atoms with Crippen LogP contribution in [-0.2, 0) is 14.3 Å². The summed E-state index contributed by atoms with van der Waals surface area (Å²) in [6, 6.07) is 1.95. The van der Waals surface area contributed by atoms with Crippen molar-refractivity contribution in [3.05, 3.63) is 23.8 Å². The number of thioether (sulfide) groups is 1. The molecule has 0 heterocycles. The zero-order valence-corrected chi connectivity index (χ0v) is 15.0. The van der Waals surface area contributed by atoms with E-state index in [9.17, 15) is 18.4 Å². The quantitative estimate of drug-likeness (QED) is 0.520. The first-order valence-corrected chi connectivity index (χ1v) is 8.92. The van der Waals surface area contributed by atoms with Crippen LogP contribution in [0.1, 0.15) is 46.5 Å². The van der Waals surface area contributed by atoms with Gasteiger partial charge in [0.1, 0.15) is 16.9 Å². The third-order valence-electron chi connectivity index (χ3n) is 3.14. The van der Waals surface area contributed by atoms with Gasteiger partial charge in [0.15, 0.2) is 0 Å². The molecule has 0 aliphatic heterocycles. The molecule has 0 saturated carbocycles. The average Bonchev–Trinajstić information content (AvgIpc) is 2.51. The number of hydrogen-bond donors (Lipinski definition) is 1. The van der Waals surface area contributed by atoms with Crippen LogP contribution in [0.4, 0.5) is 14.5 Å². The van der Waals surface area contributed by atoms with Crippen LogP contribution in [0, 0.1) is 11.6 Å². The highest BCUT2D eigenvalue weighted by molar-refractivity contribution is 8.00. The summed E-state index contributed by atoms with van der Waals surface area (Å²) >= 11 is 0.984. The number of nitrogens with one attached hydrogen (secondary N) is 1. The molecule has 1 aromatic carbocycles. The second-order valence-electron chi connectivity index (χ2n) is 5.21. The first-order valence-electron chi connectivity index (χ1n) is 8.05. The van der Waals surface area contributed by atoms with Crippen LogP contribution in [0.5, 0.6) is 0 Å². The average molecular weight is 359 g/mol. The largest absolute Gasteiger partial charge is 0.465 e. The minimum atomic E-state index is -0.843. The number of carbonyl (C=O) groups is 2. The summed E-state index contributed by atoms with van der Waals surface area (Å²) in [6.45, 7) is 5.68. The molecule has 0 aliphatic carbocycles. The topological polar surface area (TPSA) is 55.4 Å². The lowest BCUT2D eigenvalue weighted by Gasteiger charge is -2.16. The molecule has 0 aliphatic rings. The normalized spacial score (nSPS) is 11.9. The van der Waals surface area contributed by atoms with Gasteiger partial charge >= 0.3 is 5.97 Å². The van der Waals surface area contributed by atoms with Gasteiger partial charge in [0.2, 0.25) is 5.91 Å².